The highest BCUT2D eigenvalue weighted by Crippen LogP contribution is 2.10. The Morgan fingerprint density at radius 1 is 1.08 bits per heavy atom. The van der Waals surface area contributed by atoms with Gasteiger partial charge in [-0.1, -0.05) is 0 Å². The second-order valence-electron chi connectivity index (χ2n) is 4.56. The molecule has 0 aliphatic heterocycles. The van der Waals surface area contributed by atoms with Crippen LogP contribution < -0.4 is 11.1 Å². The summed E-state index contributed by atoms with van der Waals surface area (Å²) in [6.45, 7) is 11.6. The standard InChI is InChI=1S/C9H19NO.CH5N/c1-7(11)9(5,6)10-8(2,3)4;1-2/h10H,1-6H3;2H2,1H3. The molecule has 0 rings (SSSR count). The number of nitrogens with two attached hydrogens (primary N) is 1. The Labute approximate surface area is 82.1 Å². The van der Waals surface area contributed by atoms with Gasteiger partial charge in [0.15, 0.2) is 0 Å². The highest BCUT2D eigenvalue weighted by atomic mass is 16.1. The first kappa shape index (κ1) is 15.1. The molecule has 0 aliphatic carbocycles. The van der Waals surface area contributed by atoms with Crippen LogP contribution in [0.1, 0.15) is 41.5 Å². The lowest BCUT2D eigenvalue weighted by molar-refractivity contribution is -0.122. The minimum Gasteiger partial charge on any atom is -0.333 e. The Balaban J connectivity index is 0. The van der Waals surface area contributed by atoms with Crippen LogP contribution in [0.5, 0.6) is 0 Å². The van der Waals surface area contributed by atoms with Crippen LogP contribution in [0.2, 0.25) is 0 Å². The maximum atomic E-state index is 11.1. The summed E-state index contributed by atoms with van der Waals surface area (Å²) in [6, 6.07) is 0. The number of carbonyl (C=O) groups excluding carboxylic acids is 1. The van der Waals surface area contributed by atoms with Gasteiger partial charge in [-0.05, 0) is 48.6 Å². The van der Waals surface area contributed by atoms with Gasteiger partial charge in [0.05, 0.1) is 5.54 Å². The van der Waals surface area contributed by atoms with Crippen molar-refractivity contribution in [2.45, 2.75) is 52.6 Å². The van der Waals surface area contributed by atoms with E-state index in [-0.39, 0.29) is 11.3 Å². The Morgan fingerprint density at radius 2 is 1.38 bits per heavy atom. The van der Waals surface area contributed by atoms with E-state index in [0.717, 1.165) is 0 Å². The molecule has 3 nitrogen and oxygen atoms in total. The fourth-order valence-electron chi connectivity index (χ4n) is 1.03. The molecular formula is C10H24N2O. The third-order valence-corrected chi connectivity index (χ3v) is 1.57. The van der Waals surface area contributed by atoms with Gasteiger partial charge in [0, 0.05) is 5.54 Å². The van der Waals surface area contributed by atoms with Gasteiger partial charge in [0.2, 0.25) is 0 Å². The molecule has 0 amide bonds. The summed E-state index contributed by atoms with van der Waals surface area (Å²) in [4.78, 5) is 11.1. The maximum absolute atomic E-state index is 11.1. The van der Waals surface area contributed by atoms with E-state index in [1.807, 2.05) is 13.8 Å². The fraction of sp³-hybridized carbons (Fsp3) is 0.900. The predicted molar refractivity (Wildman–Crippen MR) is 57.8 cm³/mol. The zero-order valence-corrected chi connectivity index (χ0v) is 9.99. The van der Waals surface area contributed by atoms with E-state index >= 15 is 0 Å². The van der Waals surface area contributed by atoms with Gasteiger partial charge in [-0.15, -0.1) is 0 Å². The van der Waals surface area contributed by atoms with Crippen LogP contribution >= 0.6 is 0 Å². The van der Waals surface area contributed by atoms with E-state index in [1.165, 1.54) is 7.05 Å². The van der Waals surface area contributed by atoms with Crippen LogP contribution in [-0.2, 0) is 4.79 Å². The molecule has 0 aliphatic rings. The van der Waals surface area contributed by atoms with E-state index in [2.05, 4.69) is 31.8 Å². The van der Waals surface area contributed by atoms with E-state index in [9.17, 15) is 4.79 Å². The zero-order chi connectivity index (χ0) is 11.3. The van der Waals surface area contributed by atoms with Gasteiger partial charge in [0.25, 0.3) is 0 Å². The van der Waals surface area contributed by atoms with Crippen molar-refractivity contribution in [2.75, 3.05) is 7.05 Å². The Kier molecular flexibility index (Phi) is 6.20. The van der Waals surface area contributed by atoms with E-state index in [4.69, 9.17) is 0 Å². The van der Waals surface area contributed by atoms with Crippen LogP contribution in [0.25, 0.3) is 0 Å². The first-order chi connectivity index (χ1) is 5.65. The lowest BCUT2D eigenvalue weighted by atomic mass is 9.95. The topological polar surface area (TPSA) is 55.1 Å². The van der Waals surface area contributed by atoms with Crippen molar-refractivity contribution in [3.63, 3.8) is 0 Å². The Morgan fingerprint density at radius 3 is 1.46 bits per heavy atom. The molecule has 0 aromatic heterocycles. The van der Waals surface area contributed by atoms with Crippen LogP contribution in [0, 0.1) is 0 Å². The van der Waals surface area contributed by atoms with Crippen molar-refractivity contribution < 1.29 is 4.79 Å². The molecule has 13 heavy (non-hydrogen) atoms. The van der Waals surface area contributed by atoms with Crippen molar-refractivity contribution in [1.82, 2.24) is 5.32 Å². The summed E-state index contributed by atoms with van der Waals surface area (Å²) in [5.74, 6) is 0.174. The van der Waals surface area contributed by atoms with Crippen molar-refractivity contribution >= 4 is 5.78 Å². The summed E-state index contributed by atoms with van der Waals surface area (Å²) in [7, 11) is 1.50. The molecule has 0 fully saturated rings. The summed E-state index contributed by atoms with van der Waals surface area (Å²) in [5, 5.41) is 3.25. The molecule has 3 heteroatoms. The molecule has 0 saturated heterocycles. The van der Waals surface area contributed by atoms with Crippen LogP contribution in [0.4, 0.5) is 0 Å². The number of ketones is 1. The van der Waals surface area contributed by atoms with Crippen molar-refractivity contribution in [1.29, 1.82) is 0 Å². The maximum Gasteiger partial charge on any atom is 0.149 e. The molecular weight excluding hydrogens is 164 g/mol. The Hall–Kier alpha value is -0.410. The third kappa shape index (κ3) is 7.94. The van der Waals surface area contributed by atoms with Gasteiger partial charge >= 0.3 is 0 Å². The lowest BCUT2D eigenvalue weighted by Crippen LogP contribution is -2.54. The van der Waals surface area contributed by atoms with Gasteiger partial charge in [-0.3, -0.25) is 4.79 Å². The first-order valence-corrected chi connectivity index (χ1v) is 4.53. The van der Waals surface area contributed by atoms with E-state index in [0.29, 0.717) is 0 Å². The smallest absolute Gasteiger partial charge is 0.149 e. The summed E-state index contributed by atoms with van der Waals surface area (Å²) >= 11 is 0. The number of carbonyl (C=O) groups is 1. The van der Waals surface area contributed by atoms with Crippen molar-refractivity contribution in [2.24, 2.45) is 5.73 Å². The van der Waals surface area contributed by atoms with Crippen molar-refractivity contribution in [3.8, 4) is 0 Å². The second kappa shape index (κ2) is 5.35. The van der Waals surface area contributed by atoms with Gasteiger partial charge in [-0.2, -0.15) is 0 Å². The average Bonchev–Trinajstić information content (AvgIpc) is 1.86. The van der Waals surface area contributed by atoms with Gasteiger partial charge < -0.3 is 11.1 Å². The number of hydrogen-bond donors (Lipinski definition) is 2. The largest absolute Gasteiger partial charge is 0.333 e. The molecule has 0 aromatic carbocycles. The normalized spacial score (nSPS) is 11.7. The van der Waals surface area contributed by atoms with Crippen LogP contribution in [0.3, 0.4) is 0 Å². The number of nitrogens with one attached hydrogen (secondary N) is 1. The molecule has 0 aromatic rings. The molecule has 80 valence electrons. The fourth-order valence-corrected chi connectivity index (χ4v) is 1.03. The first-order valence-electron chi connectivity index (χ1n) is 4.53. The second-order valence-corrected chi connectivity index (χ2v) is 4.56. The minimum atomic E-state index is -0.405. The van der Waals surface area contributed by atoms with Gasteiger partial charge in [-0.25, -0.2) is 0 Å². The van der Waals surface area contributed by atoms with Crippen LogP contribution in [-0.4, -0.2) is 23.9 Å². The van der Waals surface area contributed by atoms with Gasteiger partial charge in [0.1, 0.15) is 5.78 Å². The monoisotopic (exact) mass is 188 g/mol. The highest BCUT2D eigenvalue weighted by Gasteiger charge is 2.27. The Bertz CT molecular complexity index is 157. The lowest BCUT2D eigenvalue weighted by Gasteiger charge is -2.32. The third-order valence-electron chi connectivity index (χ3n) is 1.57. The van der Waals surface area contributed by atoms with E-state index in [1.54, 1.807) is 6.92 Å². The summed E-state index contributed by atoms with van der Waals surface area (Å²) < 4.78 is 0. The quantitative estimate of drug-likeness (QED) is 0.687. The summed E-state index contributed by atoms with van der Waals surface area (Å²) in [6.07, 6.45) is 0. The summed E-state index contributed by atoms with van der Waals surface area (Å²) in [5.41, 5.74) is 4.09. The molecule has 0 saturated carbocycles. The van der Waals surface area contributed by atoms with Crippen molar-refractivity contribution in [3.05, 3.63) is 0 Å². The molecule has 0 radical (unpaired) electrons. The van der Waals surface area contributed by atoms with Crippen LogP contribution in [0.15, 0.2) is 0 Å². The zero-order valence-electron chi connectivity index (χ0n) is 9.99. The predicted octanol–water partition coefficient (Wildman–Crippen LogP) is 1.32. The molecule has 3 N–H and O–H groups in total. The SMILES string of the molecule is CC(=O)C(C)(C)NC(C)(C)C.CN. The molecule has 0 spiro atoms. The molecule has 0 heterocycles. The number of hydrogen-bond acceptors (Lipinski definition) is 3. The van der Waals surface area contributed by atoms with E-state index < -0.39 is 5.54 Å². The average molecular weight is 188 g/mol. The highest BCUT2D eigenvalue weighted by molar-refractivity contribution is 5.85. The molecule has 0 atom stereocenters. The minimum absolute atomic E-state index is 0.00479. The number of rotatable bonds is 2. The molecule has 0 unspecified atom stereocenters. The molecule has 0 bridgehead atoms. The number of Topliss-reactive ketones (excluding diaryl/α,β-unsaturated/α-hetero) is 1.